The molecule has 27 heavy (non-hydrogen) atoms. The summed E-state index contributed by atoms with van der Waals surface area (Å²) >= 11 is 1.76. The molecule has 1 unspecified atom stereocenters. The molecule has 144 valence electrons. The third kappa shape index (κ3) is 4.04. The largest absolute Gasteiger partial charge is 0.487 e. The lowest BCUT2D eigenvalue weighted by atomic mass is 9.76. The Morgan fingerprint density at radius 1 is 1.26 bits per heavy atom. The summed E-state index contributed by atoms with van der Waals surface area (Å²) < 4.78 is 6.57. The van der Waals surface area contributed by atoms with Crippen molar-refractivity contribution in [3.8, 4) is 5.75 Å². The summed E-state index contributed by atoms with van der Waals surface area (Å²) in [5.74, 6) is 1.42. The summed E-state index contributed by atoms with van der Waals surface area (Å²) in [7, 11) is 3.68. The monoisotopic (exact) mass is 384 g/mol. The van der Waals surface area contributed by atoms with Gasteiger partial charge in [-0.15, -0.1) is 0 Å². The second-order valence-electron chi connectivity index (χ2n) is 8.12. The van der Waals surface area contributed by atoms with Crippen LogP contribution in [0.5, 0.6) is 5.75 Å². The van der Waals surface area contributed by atoms with E-state index in [-0.39, 0.29) is 17.4 Å². The van der Waals surface area contributed by atoms with Gasteiger partial charge in [0.15, 0.2) is 0 Å². The van der Waals surface area contributed by atoms with Crippen molar-refractivity contribution < 1.29 is 9.53 Å². The number of carbonyl (C=O) groups excluding carboxylic acids is 1. The fourth-order valence-electron chi connectivity index (χ4n) is 4.39. The first-order valence-corrected chi connectivity index (χ1v) is 10.7. The average Bonchev–Trinajstić information content (AvgIpc) is 3.17. The van der Waals surface area contributed by atoms with Gasteiger partial charge in [0.05, 0.1) is 0 Å². The normalized spacial score (nSPS) is 21.5. The molecule has 1 amide bonds. The Morgan fingerprint density at radius 2 is 2.04 bits per heavy atom. The predicted molar refractivity (Wildman–Crippen MR) is 109 cm³/mol. The lowest BCUT2D eigenvalue weighted by molar-refractivity contribution is -0.129. The Labute approximate surface area is 165 Å². The molecule has 0 saturated carbocycles. The summed E-state index contributed by atoms with van der Waals surface area (Å²) in [6.45, 7) is 3.12. The number of nitrogens with zero attached hydrogens (tertiary/aromatic N) is 2. The van der Waals surface area contributed by atoms with Crippen LogP contribution in [0.3, 0.4) is 0 Å². The van der Waals surface area contributed by atoms with E-state index in [0.29, 0.717) is 6.42 Å². The van der Waals surface area contributed by atoms with Crippen LogP contribution in [0.1, 0.15) is 42.7 Å². The minimum atomic E-state index is -0.128. The van der Waals surface area contributed by atoms with Gasteiger partial charge in [-0.25, -0.2) is 0 Å². The molecule has 0 bridgehead atoms. The summed E-state index contributed by atoms with van der Waals surface area (Å²) in [5, 5.41) is 4.38. The highest BCUT2D eigenvalue weighted by atomic mass is 32.1. The second-order valence-corrected chi connectivity index (χ2v) is 8.90. The van der Waals surface area contributed by atoms with E-state index in [1.54, 1.807) is 16.2 Å². The van der Waals surface area contributed by atoms with Gasteiger partial charge in [0.1, 0.15) is 11.4 Å². The van der Waals surface area contributed by atoms with Crippen molar-refractivity contribution in [1.82, 2.24) is 9.80 Å². The Bertz CT molecular complexity index is 779. The number of rotatable bonds is 4. The van der Waals surface area contributed by atoms with Gasteiger partial charge >= 0.3 is 0 Å². The number of benzene rings is 1. The molecular weight excluding hydrogens is 356 g/mol. The molecule has 0 radical (unpaired) electrons. The Hall–Kier alpha value is -1.85. The van der Waals surface area contributed by atoms with Gasteiger partial charge in [0, 0.05) is 46.1 Å². The molecule has 5 heteroatoms. The molecule has 1 atom stereocenters. The Balaban J connectivity index is 1.48. The molecule has 1 fully saturated rings. The highest BCUT2D eigenvalue weighted by Gasteiger charge is 2.43. The highest BCUT2D eigenvalue weighted by molar-refractivity contribution is 7.07. The van der Waals surface area contributed by atoms with Gasteiger partial charge in [0.25, 0.3) is 0 Å². The van der Waals surface area contributed by atoms with Crippen molar-refractivity contribution in [2.24, 2.45) is 0 Å². The van der Waals surface area contributed by atoms with E-state index in [9.17, 15) is 4.79 Å². The SMILES string of the molecule is CN(C)C(=O)CC1CC2(CCN(Cc3ccsc3)CC2)Oc2ccccc21. The van der Waals surface area contributed by atoms with E-state index < -0.39 is 0 Å². The van der Waals surface area contributed by atoms with E-state index >= 15 is 0 Å². The maximum atomic E-state index is 12.4. The maximum absolute atomic E-state index is 12.4. The number of hydrogen-bond acceptors (Lipinski definition) is 4. The van der Waals surface area contributed by atoms with Crippen molar-refractivity contribution in [3.05, 3.63) is 52.2 Å². The molecule has 0 N–H and O–H groups in total. The molecular formula is C22H28N2O2S. The number of ether oxygens (including phenoxy) is 1. The third-order valence-electron chi connectivity index (χ3n) is 5.98. The molecule has 1 saturated heterocycles. The summed E-state index contributed by atoms with van der Waals surface area (Å²) in [5.41, 5.74) is 2.47. The van der Waals surface area contributed by atoms with Gasteiger partial charge in [-0.3, -0.25) is 9.69 Å². The summed E-state index contributed by atoms with van der Waals surface area (Å²) in [6, 6.07) is 10.5. The minimum Gasteiger partial charge on any atom is -0.487 e. The van der Waals surface area contributed by atoms with Crippen molar-refractivity contribution in [2.75, 3.05) is 27.2 Å². The smallest absolute Gasteiger partial charge is 0.222 e. The fraction of sp³-hybridized carbons (Fsp3) is 0.500. The molecule has 2 aliphatic heterocycles. The molecule has 1 aromatic carbocycles. The van der Waals surface area contributed by atoms with Crippen LogP contribution in [0.25, 0.3) is 0 Å². The molecule has 0 aliphatic carbocycles. The number of piperidine rings is 1. The van der Waals surface area contributed by atoms with Crippen LogP contribution in [0, 0.1) is 0 Å². The number of thiophene rings is 1. The molecule has 2 aliphatic rings. The fourth-order valence-corrected chi connectivity index (χ4v) is 5.05. The zero-order chi connectivity index (χ0) is 18.9. The molecule has 1 spiro atoms. The molecule has 2 aromatic rings. The van der Waals surface area contributed by atoms with E-state index in [4.69, 9.17) is 4.74 Å². The van der Waals surface area contributed by atoms with Gasteiger partial charge in [-0.05, 0) is 53.3 Å². The Kier molecular flexibility index (Phi) is 5.24. The minimum absolute atomic E-state index is 0.128. The first kappa shape index (κ1) is 18.5. The van der Waals surface area contributed by atoms with Crippen molar-refractivity contribution in [2.45, 2.75) is 43.7 Å². The predicted octanol–water partition coefficient (Wildman–Crippen LogP) is 4.13. The van der Waals surface area contributed by atoms with Crippen LogP contribution in [-0.2, 0) is 11.3 Å². The Morgan fingerprint density at radius 3 is 2.74 bits per heavy atom. The van der Waals surface area contributed by atoms with Gasteiger partial charge in [-0.2, -0.15) is 11.3 Å². The van der Waals surface area contributed by atoms with Crippen molar-refractivity contribution in [1.29, 1.82) is 0 Å². The van der Waals surface area contributed by atoms with Crippen LogP contribution < -0.4 is 4.74 Å². The number of amides is 1. The first-order chi connectivity index (χ1) is 13.0. The van der Waals surface area contributed by atoms with Crippen LogP contribution >= 0.6 is 11.3 Å². The molecule has 4 nitrogen and oxygen atoms in total. The van der Waals surface area contributed by atoms with E-state index in [1.165, 1.54) is 11.1 Å². The number of fused-ring (bicyclic) bond motifs is 1. The number of likely N-dealkylation sites (tertiary alicyclic amines) is 1. The van der Waals surface area contributed by atoms with Gasteiger partial charge < -0.3 is 9.64 Å². The van der Waals surface area contributed by atoms with Gasteiger partial charge in [-0.1, -0.05) is 18.2 Å². The third-order valence-corrected chi connectivity index (χ3v) is 6.71. The van der Waals surface area contributed by atoms with Crippen LogP contribution in [0.2, 0.25) is 0 Å². The topological polar surface area (TPSA) is 32.8 Å². The summed E-state index contributed by atoms with van der Waals surface area (Å²) in [6.07, 6.45) is 3.56. The van der Waals surface area contributed by atoms with Gasteiger partial charge in [0.2, 0.25) is 5.91 Å². The van der Waals surface area contributed by atoms with Crippen LogP contribution in [0.4, 0.5) is 0 Å². The maximum Gasteiger partial charge on any atom is 0.222 e. The van der Waals surface area contributed by atoms with Crippen molar-refractivity contribution in [3.63, 3.8) is 0 Å². The first-order valence-electron chi connectivity index (χ1n) is 9.76. The quantitative estimate of drug-likeness (QED) is 0.795. The second kappa shape index (κ2) is 7.64. The standard InChI is InChI=1S/C22H28N2O2S/c1-23(2)21(25)13-18-14-22(26-20-6-4-3-5-19(18)20)8-10-24(11-9-22)15-17-7-12-27-16-17/h3-7,12,16,18H,8-11,13-15H2,1-2H3. The van der Waals surface area contributed by atoms with E-state index in [0.717, 1.165) is 44.6 Å². The average molecular weight is 385 g/mol. The van der Waals surface area contributed by atoms with E-state index in [1.807, 2.05) is 20.2 Å². The highest BCUT2D eigenvalue weighted by Crippen LogP contribution is 2.46. The van der Waals surface area contributed by atoms with Crippen LogP contribution in [-0.4, -0.2) is 48.5 Å². The lowest BCUT2D eigenvalue weighted by Crippen LogP contribution is -2.50. The number of hydrogen-bond donors (Lipinski definition) is 0. The zero-order valence-electron chi connectivity index (χ0n) is 16.2. The van der Waals surface area contributed by atoms with E-state index in [2.05, 4.69) is 39.9 Å². The van der Waals surface area contributed by atoms with Crippen LogP contribution in [0.15, 0.2) is 41.1 Å². The molecule has 4 rings (SSSR count). The molecule has 1 aromatic heterocycles. The molecule has 3 heterocycles. The lowest BCUT2D eigenvalue weighted by Gasteiger charge is -2.47. The van der Waals surface area contributed by atoms with Crippen molar-refractivity contribution >= 4 is 17.2 Å². The zero-order valence-corrected chi connectivity index (χ0v) is 17.0. The number of para-hydroxylation sites is 1. The summed E-state index contributed by atoms with van der Waals surface area (Å²) in [4.78, 5) is 16.6. The number of carbonyl (C=O) groups is 1.